The van der Waals surface area contributed by atoms with Gasteiger partial charge in [-0.05, 0) is 43.0 Å². The number of carbonyl (C=O) groups excluding carboxylic acids is 2. The Bertz CT molecular complexity index is 701. The van der Waals surface area contributed by atoms with Gasteiger partial charge in [0.1, 0.15) is 0 Å². The summed E-state index contributed by atoms with van der Waals surface area (Å²) in [5.74, 6) is -0.653. The molecule has 0 unspecified atom stereocenters. The smallest absolute Gasteiger partial charge is 0.303 e. The molecule has 2 rings (SSSR count). The molecule has 27 heavy (non-hydrogen) atoms. The van der Waals surface area contributed by atoms with E-state index in [-0.39, 0.29) is 24.2 Å². The van der Waals surface area contributed by atoms with Crippen LogP contribution in [0, 0.1) is 0 Å². The van der Waals surface area contributed by atoms with Crippen molar-refractivity contribution in [3.8, 4) is 0 Å². The first-order valence-corrected chi connectivity index (χ1v) is 9.80. The van der Waals surface area contributed by atoms with Gasteiger partial charge in [-0.3, -0.25) is 14.4 Å². The van der Waals surface area contributed by atoms with E-state index in [0.717, 1.165) is 31.2 Å². The molecule has 1 atom stereocenters. The van der Waals surface area contributed by atoms with E-state index in [9.17, 15) is 14.4 Å². The van der Waals surface area contributed by atoms with E-state index in [1.807, 2.05) is 23.1 Å². The third-order valence-corrected chi connectivity index (χ3v) is 4.92. The predicted molar refractivity (Wildman–Crippen MR) is 105 cm³/mol. The number of likely N-dealkylation sites (tertiary alicyclic amines) is 1. The van der Waals surface area contributed by atoms with Crippen molar-refractivity contribution in [2.75, 3.05) is 6.54 Å². The number of nitrogens with zero attached hydrogens (tertiary/aromatic N) is 1. The maximum Gasteiger partial charge on any atom is 0.303 e. The van der Waals surface area contributed by atoms with E-state index >= 15 is 0 Å². The van der Waals surface area contributed by atoms with Crippen LogP contribution in [0.2, 0.25) is 5.02 Å². The summed E-state index contributed by atoms with van der Waals surface area (Å²) < 4.78 is 0. The number of carboxylic acids is 1. The first kappa shape index (κ1) is 21.2. The number of carbonyl (C=O) groups is 3. The highest BCUT2D eigenvalue weighted by Gasteiger charge is 2.28. The van der Waals surface area contributed by atoms with Gasteiger partial charge < -0.3 is 10.0 Å². The number of rotatable bonds is 11. The van der Waals surface area contributed by atoms with Crippen molar-refractivity contribution in [3.05, 3.63) is 47.0 Å². The van der Waals surface area contributed by atoms with Crippen molar-refractivity contribution < 1.29 is 19.5 Å². The zero-order valence-corrected chi connectivity index (χ0v) is 16.2. The standard InChI is InChI=1S/C21H26ClNO4/c22-17-7-5-6-16(14-17)15-19(24)11-9-18-10-12-20(25)23(18)13-4-2-1-3-8-21(26)27/h5-7,9,11,14,18H,1-4,8,10,12-13,15H2,(H,26,27)/b11-9+/t18-/m1/s1. The van der Waals surface area contributed by atoms with Crippen LogP contribution >= 0.6 is 11.6 Å². The van der Waals surface area contributed by atoms with Gasteiger partial charge in [0.25, 0.3) is 0 Å². The topological polar surface area (TPSA) is 74.7 Å². The van der Waals surface area contributed by atoms with E-state index < -0.39 is 5.97 Å². The van der Waals surface area contributed by atoms with Crippen LogP contribution in [0.4, 0.5) is 0 Å². The monoisotopic (exact) mass is 391 g/mol. The minimum Gasteiger partial charge on any atom is -0.481 e. The fraction of sp³-hybridized carbons (Fsp3) is 0.476. The van der Waals surface area contributed by atoms with Gasteiger partial charge in [-0.15, -0.1) is 0 Å². The molecule has 0 aliphatic carbocycles. The number of amides is 1. The van der Waals surface area contributed by atoms with Crippen LogP contribution in [0.3, 0.4) is 0 Å². The van der Waals surface area contributed by atoms with Gasteiger partial charge in [-0.1, -0.05) is 42.7 Å². The number of hydrogen-bond donors (Lipinski definition) is 1. The maximum absolute atomic E-state index is 12.2. The molecule has 1 saturated heterocycles. The van der Waals surface area contributed by atoms with Crippen LogP contribution in [-0.2, 0) is 20.8 Å². The zero-order valence-electron chi connectivity index (χ0n) is 15.4. The van der Waals surface area contributed by atoms with Crippen LogP contribution in [0.1, 0.15) is 50.5 Å². The average Bonchev–Trinajstić information content (AvgIpc) is 2.96. The summed E-state index contributed by atoms with van der Waals surface area (Å²) in [6, 6.07) is 7.22. The number of unbranched alkanes of at least 4 members (excludes halogenated alkanes) is 3. The van der Waals surface area contributed by atoms with Crippen LogP contribution in [0.15, 0.2) is 36.4 Å². The van der Waals surface area contributed by atoms with E-state index in [1.165, 1.54) is 0 Å². The maximum atomic E-state index is 12.2. The second-order valence-electron chi connectivity index (χ2n) is 6.88. The molecule has 0 aromatic heterocycles. The van der Waals surface area contributed by atoms with Crippen molar-refractivity contribution in [3.63, 3.8) is 0 Å². The first-order chi connectivity index (χ1) is 13.0. The summed E-state index contributed by atoms with van der Waals surface area (Å²) in [6.07, 6.45) is 8.43. The quantitative estimate of drug-likeness (QED) is 0.456. The van der Waals surface area contributed by atoms with E-state index in [4.69, 9.17) is 16.7 Å². The number of carboxylic acid groups (broad SMARTS) is 1. The second-order valence-corrected chi connectivity index (χ2v) is 7.32. The molecule has 5 nitrogen and oxygen atoms in total. The Morgan fingerprint density at radius 2 is 2.00 bits per heavy atom. The van der Waals surface area contributed by atoms with Crippen molar-refractivity contribution in [1.82, 2.24) is 4.90 Å². The summed E-state index contributed by atoms with van der Waals surface area (Å²) in [5.41, 5.74) is 0.873. The summed E-state index contributed by atoms with van der Waals surface area (Å²) in [7, 11) is 0. The molecule has 1 aliphatic heterocycles. The molecule has 0 bridgehead atoms. The molecule has 1 amide bonds. The van der Waals surface area contributed by atoms with E-state index in [0.29, 0.717) is 30.8 Å². The Balaban J connectivity index is 1.77. The van der Waals surface area contributed by atoms with Gasteiger partial charge in [-0.25, -0.2) is 0 Å². The normalized spacial score (nSPS) is 17.0. The van der Waals surface area contributed by atoms with Gasteiger partial charge >= 0.3 is 5.97 Å². The van der Waals surface area contributed by atoms with Crippen LogP contribution in [0.25, 0.3) is 0 Å². The number of aliphatic carboxylic acids is 1. The lowest BCUT2D eigenvalue weighted by Gasteiger charge is -2.22. The van der Waals surface area contributed by atoms with Gasteiger partial charge in [-0.2, -0.15) is 0 Å². The minimum atomic E-state index is -0.766. The average molecular weight is 392 g/mol. The molecule has 0 spiro atoms. The fourth-order valence-electron chi connectivity index (χ4n) is 3.28. The lowest BCUT2D eigenvalue weighted by atomic mass is 10.1. The Morgan fingerprint density at radius 1 is 1.22 bits per heavy atom. The van der Waals surface area contributed by atoms with E-state index in [2.05, 4.69) is 0 Å². The molecule has 0 radical (unpaired) electrons. The SMILES string of the molecule is O=C(O)CCCCCCN1C(=O)CC[C@H]1/C=C/C(=O)Cc1cccc(Cl)c1. The third kappa shape index (κ3) is 7.55. The zero-order chi connectivity index (χ0) is 19.6. The van der Waals surface area contributed by atoms with Crippen molar-refractivity contribution in [2.24, 2.45) is 0 Å². The lowest BCUT2D eigenvalue weighted by molar-refractivity contribution is -0.137. The van der Waals surface area contributed by atoms with Crippen molar-refractivity contribution >= 4 is 29.3 Å². The molecule has 6 heteroatoms. The molecule has 146 valence electrons. The second kappa shape index (κ2) is 10.9. The number of allylic oxidation sites excluding steroid dienone is 1. The number of halogens is 1. The Labute approximate surface area is 165 Å². The Kier molecular flexibility index (Phi) is 8.52. The molecular weight excluding hydrogens is 366 g/mol. The highest BCUT2D eigenvalue weighted by atomic mass is 35.5. The van der Waals surface area contributed by atoms with E-state index in [1.54, 1.807) is 18.2 Å². The molecular formula is C21H26ClNO4. The molecule has 1 heterocycles. The largest absolute Gasteiger partial charge is 0.481 e. The molecule has 1 fully saturated rings. The van der Waals surface area contributed by atoms with Gasteiger partial charge in [0.2, 0.25) is 5.91 Å². The number of benzene rings is 1. The van der Waals surface area contributed by atoms with Crippen LogP contribution in [-0.4, -0.2) is 40.3 Å². The summed E-state index contributed by atoms with van der Waals surface area (Å²) in [5, 5.41) is 9.24. The lowest BCUT2D eigenvalue weighted by Crippen LogP contribution is -2.32. The molecule has 1 aliphatic rings. The van der Waals surface area contributed by atoms with Gasteiger partial charge in [0, 0.05) is 30.8 Å². The number of hydrogen-bond acceptors (Lipinski definition) is 3. The Morgan fingerprint density at radius 3 is 2.74 bits per heavy atom. The van der Waals surface area contributed by atoms with Gasteiger partial charge in [0.15, 0.2) is 5.78 Å². The minimum absolute atomic E-state index is 0.00904. The highest BCUT2D eigenvalue weighted by Crippen LogP contribution is 2.21. The highest BCUT2D eigenvalue weighted by molar-refractivity contribution is 6.30. The first-order valence-electron chi connectivity index (χ1n) is 9.42. The molecule has 1 aromatic carbocycles. The van der Waals surface area contributed by atoms with Crippen molar-refractivity contribution in [2.45, 2.75) is 57.4 Å². The molecule has 1 aromatic rings. The molecule has 1 N–H and O–H groups in total. The van der Waals surface area contributed by atoms with Crippen LogP contribution < -0.4 is 0 Å². The van der Waals surface area contributed by atoms with Gasteiger partial charge in [0.05, 0.1) is 6.04 Å². The number of ketones is 1. The van der Waals surface area contributed by atoms with Crippen molar-refractivity contribution in [1.29, 1.82) is 0 Å². The summed E-state index contributed by atoms with van der Waals surface area (Å²) in [4.78, 5) is 36.6. The fourth-order valence-corrected chi connectivity index (χ4v) is 3.50. The molecule has 0 saturated carbocycles. The predicted octanol–water partition coefficient (Wildman–Crippen LogP) is 4.03. The summed E-state index contributed by atoms with van der Waals surface area (Å²) in [6.45, 7) is 0.656. The third-order valence-electron chi connectivity index (χ3n) is 4.69. The summed E-state index contributed by atoms with van der Waals surface area (Å²) >= 11 is 5.94. The van der Waals surface area contributed by atoms with Crippen LogP contribution in [0.5, 0.6) is 0 Å². The Hall–Kier alpha value is -2.14.